The summed E-state index contributed by atoms with van der Waals surface area (Å²) in [6.45, 7) is 2.84. The van der Waals surface area contributed by atoms with Gasteiger partial charge in [-0.2, -0.15) is 0 Å². The second kappa shape index (κ2) is 6.36. The Balaban J connectivity index is 1.59. The van der Waals surface area contributed by atoms with Crippen LogP contribution in [0.3, 0.4) is 0 Å². The van der Waals surface area contributed by atoms with E-state index in [0.717, 1.165) is 51.7 Å². The van der Waals surface area contributed by atoms with E-state index in [1.165, 1.54) is 0 Å². The lowest BCUT2D eigenvalue weighted by Gasteiger charge is -2.25. The van der Waals surface area contributed by atoms with Crippen LogP contribution >= 0.6 is 0 Å². The molecule has 4 nitrogen and oxygen atoms in total. The molecule has 0 aromatic rings. The molecule has 0 bridgehead atoms. The van der Waals surface area contributed by atoms with Crippen LogP contribution in [-0.2, 0) is 4.79 Å². The van der Waals surface area contributed by atoms with Gasteiger partial charge in [-0.25, -0.2) is 0 Å². The van der Waals surface area contributed by atoms with E-state index in [9.17, 15) is 9.90 Å². The van der Waals surface area contributed by atoms with Gasteiger partial charge in [-0.15, -0.1) is 0 Å². The number of rotatable bonds is 4. The molecule has 3 N–H and O–H groups in total. The summed E-state index contributed by atoms with van der Waals surface area (Å²) in [6, 6.07) is 0. The van der Waals surface area contributed by atoms with Gasteiger partial charge in [-0.1, -0.05) is 0 Å². The molecule has 1 saturated heterocycles. The quantitative estimate of drug-likeness (QED) is 0.676. The van der Waals surface area contributed by atoms with Crippen LogP contribution in [0.5, 0.6) is 0 Å². The predicted molar refractivity (Wildman–Crippen MR) is 66.6 cm³/mol. The fourth-order valence-corrected chi connectivity index (χ4v) is 2.83. The first-order valence-electron chi connectivity index (χ1n) is 6.89. The average Bonchev–Trinajstić information content (AvgIpc) is 2.81. The van der Waals surface area contributed by atoms with Crippen LogP contribution in [0.25, 0.3) is 0 Å². The second-order valence-corrected chi connectivity index (χ2v) is 5.54. The second-order valence-electron chi connectivity index (χ2n) is 5.54. The first-order chi connectivity index (χ1) is 8.24. The third-order valence-corrected chi connectivity index (χ3v) is 4.04. The molecule has 0 spiro atoms. The Morgan fingerprint density at radius 3 is 2.59 bits per heavy atom. The maximum Gasteiger partial charge on any atom is 0.220 e. The van der Waals surface area contributed by atoms with Crippen LogP contribution in [0.15, 0.2) is 0 Å². The first kappa shape index (κ1) is 12.8. The number of hydrogen-bond acceptors (Lipinski definition) is 3. The lowest BCUT2D eigenvalue weighted by molar-refractivity contribution is -0.122. The normalized spacial score (nSPS) is 33.6. The average molecular weight is 240 g/mol. The van der Waals surface area contributed by atoms with Crippen LogP contribution in [0.4, 0.5) is 0 Å². The van der Waals surface area contributed by atoms with Crippen molar-refractivity contribution in [3.63, 3.8) is 0 Å². The smallest absolute Gasteiger partial charge is 0.220 e. The highest BCUT2D eigenvalue weighted by molar-refractivity contribution is 5.76. The maximum absolute atomic E-state index is 11.7. The third-order valence-electron chi connectivity index (χ3n) is 4.04. The SMILES string of the molecule is O=C(CC1CCNC1)NCC1CCC(O)CC1. The summed E-state index contributed by atoms with van der Waals surface area (Å²) in [4.78, 5) is 11.7. The molecular formula is C13H24N2O2. The topological polar surface area (TPSA) is 61.4 Å². The highest BCUT2D eigenvalue weighted by Crippen LogP contribution is 2.23. The van der Waals surface area contributed by atoms with Gasteiger partial charge in [-0.05, 0) is 57.0 Å². The number of nitrogens with one attached hydrogen (secondary N) is 2. The van der Waals surface area contributed by atoms with Crippen molar-refractivity contribution in [1.82, 2.24) is 10.6 Å². The molecule has 1 atom stereocenters. The molecule has 1 unspecified atom stereocenters. The molecule has 1 amide bonds. The van der Waals surface area contributed by atoms with Crippen molar-refractivity contribution in [2.75, 3.05) is 19.6 Å². The van der Waals surface area contributed by atoms with Gasteiger partial charge < -0.3 is 15.7 Å². The van der Waals surface area contributed by atoms with Gasteiger partial charge in [0.05, 0.1) is 6.10 Å². The summed E-state index contributed by atoms with van der Waals surface area (Å²) in [6.07, 6.45) is 5.58. The lowest BCUT2D eigenvalue weighted by Crippen LogP contribution is -2.33. The fourth-order valence-electron chi connectivity index (χ4n) is 2.83. The number of aliphatic hydroxyl groups excluding tert-OH is 1. The van der Waals surface area contributed by atoms with E-state index in [4.69, 9.17) is 0 Å². The van der Waals surface area contributed by atoms with E-state index in [0.29, 0.717) is 18.3 Å². The Hall–Kier alpha value is -0.610. The van der Waals surface area contributed by atoms with Crippen LogP contribution in [0.1, 0.15) is 38.5 Å². The van der Waals surface area contributed by atoms with Gasteiger partial charge in [-0.3, -0.25) is 4.79 Å². The van der Waals surface area contributed by atoms with E-state index in [1.54, 1.807) is 0 Å². The summed E-state index contributed by atoms with van der Waals surface area (Å²) < 4.78 is 0. The lowest BCUT2D eigenvalue weighted by atomic mass is 9.87. The van der Waals surface area contributed by atoms with Gasteiger partial charge >= 0.3 is 0 Å². The molecule has 1 heterocycles. The molecule has 2 rings (SSSR count). The fraction of sp³-hybridized carbons (Fsp3) is 0.923. The zero-order valence-corrected chi connectivity index (χ0v) is 10.5. The minimum absolute atomic E-state index is 0.105. The van der Waals surface area contributed by atoms with E-state index >= 15 is 0 Å². The predicted octanol–water partition coefficient (Wildman–Crippen LogP) is 0.653. The van der Waals surface area contributed by atoms with Crippen molar-refractivity contribution >= 4 is 5.91 Å². The summed E-state index contributed by atoms with van der Waals surface area (Å²) in [7, 11) is 0. The number of hydrogen-bond donors (Lipinski definition) is 3. The molecule has 0 radical (unpaired) electrons. The van der Waals surface area contributed by atoms with Crippen LogP contribution in [-0.4, -0.2) is 36.8 Å². The Labute approximate surface area is 103 Å². The van der Waals surface area contributed by atoms with E-state index in [-0.39, 0.29) is 12.0 Å². The van der Waals surface area contributed by atoms with Gasteiger partial charge in [0.15, 0.2) is 0 Å². The maximum atomic E-state index is 11.7. The third kappa shape index (κ3) is 4.28. The van der Waals surface area contributed by atoms with Crippen LogP contribution in [0, 0.1) is 11.8 Å². The Bertz CT molecular complexity index is 244. The Kier molecular flexibility index (Phi) is 4.80. The summed E-state index contributed by atoms with van der Waals surface area (Å²) in [5, 5.41) is 15.7. The number of amides is 1. The molecule has 98 valence electrons. The molecule has 0 aromatic heterocycles. The molecule has 1 saturated carbocycles. The largest absolute Gasteiger partial charge is 0.393 e. The zero-order chi connectivity index (χ0) is 12.1. The van der Waals surface area contributed by atoms with Crippen molar-refractivity contribution in [3.8, 4) is 0 Å². The monoisotopic (exact) mass is 240 g/mol. The van der Waals surface area contributed by atoms with E-state index in [1.807, 2.05) is 0 Å². The Morgan fingerprint density at radius 1 is 1.18 bits per heavy atom. The number of aliphatic hydroxyl groups is 1. The summed E-state index contributed by atoms with van der Waals surface area (Å²) >= 11 is 0. The number of carbonyl (C=O) groups is 1. The Morgan fingerprint density at radius 2 is 1.94 bits per heavy atom. The first-order valence-corrected chi connectivity index (χ1v) is 6.89. The van der Waals surface area contributed by atoms with E-state index in [2.05, 4.69) is 10.6 Å². The van der Waals surface area contributed by atoms with Crippen molar-refractivity contribution in [1.29, 1.82) is 0 Å². The minimum atomic E-state index is -0.105. The van der Waals surface area contributed by atoms with Gasteiger partial charge in [0.25, 0.3) is 0 Å². The highest BCUT2D eigenvalue weighted by Gasteiger charge is 2.21. The molecule has 2 aliphatic rings. The van der Waals surface area contributed by atoms with Crippen molar-refractivity contribution in [2.45, 2.75) is 44.6 Å². The minimum Gasteiger partial charge on any atom is -0.393 e. The highest BCUT2D eigenvalue weighted by atomic mass is 16.3. The van der Waals surface area contributed by atoms with Crippen LogP contribution < -0.4 is 10.6 Å². The molecule has 0 aromatic carbocycles. The summed E-state index contributed by atoms with van der Waals surface area (Å²) in [5.74, 6) is 1.30. The molecule has 4 heteroatoms. The van der Waals surface area contributed by atoms with Crippen molar-refractivity contribution < 1.29 is 9.90 Å². The van der Waals surface area contributed by atoms with Gasteiger partial charge in [0, 0.05) is 13.0 Å². The van der Waals surface area contributed by atoms with Crippen LogP contribution in [0.2, 0.25) is 0 Å². The standard InChI is InChI=1S/C13H24N2O2/c16-12-3-1-10(2-4-12)9-15-13(17)7-11-5-6-14-8-11/h10-12,14,16H,1-9H2,(H,15,17). The van der Waals surface area contributed by atoms with E-state index < -0.39 is 0 Å². The van der Waals surface area contributed by atoms with Crippen molar-refractivity contribution in [3.05, 3.63) is 0 Å². The number of carbonyl (C=O) groups excluding carboxylic acids is 1. The van der Waals surface area contributed by atoms with Crippen molar-refractivity contribution in [2.24, 2.45) is 11.8 Å². The molecule has 17 heavy (non-hydrogen) atoms. The molecule has 1 aliphatic carbocycles. The summed E-state index contributed by atoms with van der Waals surface area (Å²) in [5.41, 5.74) is 0. The molecule has 2 fully saturated rings. The molecular weight excluding hydrogens is 216 g/mol. The van der Waals surface area contributed by atoms with Gasteiger partial charge in [0.2, 0.25) is 5.91 Å². The zero-order valence-electron chi connectivity index (χ0n) is 10.5. The molecule has 1 aliphatic heterocycles. The van der Waals surface area contributed by atoms with Gasteiger partial charge in [0.1, 0.15) is 0 Å².